The molecule has 1 saturated heterocycles. The Labute approximate surface area is 145 Å². The van der Waals surface area contributed by atoms with Crippen LogP contribution in [0.5, 0.6) is 0 Å². The van der Waals surface area contributed by atoms with Crippen LogP contribution in [-0.2, 0) is 4.79 Å². The van der Waals surface area contributed by atoms with E-state index in [-0.39, 0.29) is 0 Å². The first kappa shape index (κ1) is 17.1. The molecule has 2 aliphatic rings. The van der Waals surface area contributed by atoms with Crippen molar-refractivity contribution in [3.63, 3.8) is 0 Å². The van der Waals surface area contributed by atoms with Crippen LogP contribution in [0, 0.1) is 11.3 Å². The van der Waals surface area contributed by atoms with Crippen molar-refractivity contribution in [1.29, 1.82) is 0 Å². The Morgan fingerprint density at radius 1 is 1.21 bits per heavy atom. The van der Waals surface area contributed by atoms with Crippen LogP contribution in [0.4, 0.5) is 11.4 Å². The summed E-state index contributed by atoms with van der Waals surface area (Å²) in [6.07, 6.45) is 7.50. The van der Waals surface area contributed by atoms with E-state index in [0.29, 0.717) is 17.8 Å². The fourth-order valence-corrected chi connectivity index (χ4v) is 4.45. The van der Waals surface area contributed by atoms with Crippen LogP contribution in [0.1, 0.15) is 44.9 Å². The molecule has 1 saturated carbocycles. The molecule has 1 heterocycles. The Morgan fingerprint density at radius 2 is 1.88 bits per heavy atom. The number of benzene rings is 1. The van der Waals surface area contributed by atoms with Crippen molar-refractivity contribution < 1.29 is 9.90 Å². The van der Waals surface area contributed by atoms with E-state index in [1.54, 1.807) is 0 Å². The molecule has 4 heteroatoms. The third-order valence-corrected chi connectivity index (χ3v) is 6.16. The van der Waals surface area contributed by atoms with Gasteiger partial charge in [-0.2, -0.15) is 0 Å². The van der Waals surface area contributed by atoms with Crippen LogP contribution in [0.2, 0.25) is 0 Å². The first-order chi connectivity index (χ1) is 11.5. The quantitative estimate of drug-likeness (QED) is 0.906. The van der Waals surface area contributed by atoms with Gasteiger partial charge in [0.15, 0.2) is 0 Å². The van der Waals surface area contributed by atoms with Crippen molar-refractivity contribution in [2.75, 3.05) is 37.0 Å². The molecular formula is C20H30N2O2. The number of anilines is 2. The van der Waals surface area contributed by atoms with E-state index in [0.717, 1.165) is 25.9 Å². The largest absolute Gasteiger partial charge is 0.481 e. The molecule has 24 heavy (non-hydrogen) atoms. The average Bonchev–Trinajstić information content (AvgIpc) is 2.58. The fourth-order valence-electron chi connectivity index (χ4n) is 4.45. The van der Waals surface area contributed by atoms with Crippen LogP contribution >= 0.6 is 0 Å². The van der Waals surface area contributed by atoms with E-state index >= 15 is 0 Å². The van der Waals surface area contributed by atoms with Gasteiger partial charge >= 0.3 is 5.97 Å². The van der Waals surface area contributed by atoms with Gasteiger partial charge in [0.2, 0.25) is 0 Å². The lowest BCUT2D eigenvalue weighted by Gasteiger charge is -2.46. The van der Waals surface area contributed by atoms with Crippen LogP contribution in [0.15, 0.2) is 24.3 Å². The van der Waals surface area contributed by atoms with Gasteiger partial charge in [-0.1, -0.05) is 6.07 Å². The standard InChI is InChI=1S/C20H30N2O2/c1-21(2)17-4-3-5-18(15-17)22-12-10-20(11-13-22)8-6-16(7-9-20)14-19(23)24/h3-5,15-16H,6-14H2,1-2H3,(H,23,24). The maximum atomic E-state index is 10.9. The minimum Gasteiger partial charge on any atom is -0.481 e. The summed E-state index contributed by atoms with van der Waals surface area (Å²) >= 11 is 0. The van der Waals surface area contributed by atoms with Gasteiger partial charge in [-0.15, -0.1) is 0 Å². The molecule has 0 atom stereocenters. The summed E-state index contributed by atoms with van der Waals surface area (Å²) < 4.78 is 0. The van der Waals surface area contributed by atoms with E-state index < -0.39 is 5.97 Å². The smallest absolute Gasteiger partial charge is 0.303 e. The molecule has 0 amide bonds. The van der Waals surface area contributed by atoms with E-state index in [1.165, 1.54) is 37.1 Å². The van der Waals surface area contributed by atoms with Gasteiger partial charge in [-0.25, -0.2) is 0 Å². The number of carboxylic acids is 1. The second kappa shape index (κ2) is 7.04. The summed E-state index contributed by atoms with van der Waals surface area (Å²) in [7, 11) is 4.17. The van der Waals surface area contributed by atoms with Crippen molar-refractivity contribution in [1.82, 2.24) is 0 Å². The highest BCUT2D eigenvalue weighted by atomic mass is 16.4. The first-order valence-electron chi connectivity index (χ1n) is 9.22. The molecule has 1 aromatic carbocycles. The summed E-state index contributed by atoms with van der Waals surface area (Å²) in [5, 5.41) is 8.98. The van der Waals surface area contributed by atoms with Crippen molar-refractivity contribution in [2.24, 2.45) is 11.3 Å². The highest BCUT2D eigenvalue weighted by Gasteiger charge is 2.38. The Balaban J connectivity index is 1.56. The zero-order valence-corrected chi connectivity index (χ0v) is 15.0. The van der Waals surface area contributed by atoms with Crippen LogP contribution in [0.3, 0.4) is 0 Å². The number of nitrogens with zero attached hydrogens (tertiary/aromatic N) is 2. The van der Waals surface area contributed by atoms with Crippen molar-refractivity contribution in [2.45, 2.75) is 44.9 Å². The summed E-state index contributed by atoms with van der Waals surface area (Å²) in [5.74, 6) is -0.227. The number of carboxylic acid groups (broad SMARTS) is 1. The van der Waals surface area contributed by atoms with Crippen molar-refractivity contribution in [3.8, 4) is 0 Å². The zero-order valence-electron chi connectivity index (χ0n) is 15.0. The molecule has 1 spiro atoms. The molecule has 3 rings (SSSR count). The fraction of sp³-hybridized carbons (Fsp3) is 0.650. The van der Waals surface area contributed by atoms with Gasteiger partial charge in [0.05, 0.1) is 0 Å². The monoisotopic (exact) mass is 330 g/mol. The highest BCUT2D eigenvalue weighted by molar-refractivity contribution is 5.67. The van der Waals surface area contributed by atoms with Gasteiger partial charge in [-0.05, 0) is 68.1 Å². The topological polar surface area (TPSA) is 43.8 Å². The lowest BCUT2D eigenvalue weighted by atomic mass is 9.65. The SMILES string of the molecule is CN(C)c1cccc(N2CCC3(CCC(CC(=O)O)CC3)CC2)c1. The predicted octanol–water partition coefficient (Wildman–Crippen LogP) is 4.00. The molecule has 0 aromatic heterocycles. The number of carbonyl (C=O) groups is 1. The molecule has 1 aromatic rings. The van der Waals surface area contributed by atoms with Gasteiger partial charge in [-0.3, -0.25) is 4.79 Å². The van der Waals surface area contributed by atoms with E-state index in [2.05, 4.69) is 48.2 Å². The number of aliphatic carboxylic acids is 1. The lowest BCUT2D eigenvalue weighted by Crippen LogP contribution is -2.42. The van der Waals surface area contributed by atoms with Crippen molar-refractivity contribution >= 4 is 17.3 Å². The Hall–Kier alpha value is -1.71. The molecular weight excluding hydrogens is 300 g/mol. The molecule has 1 N–H and O–H groups in total. The van der Waals surface area contributed by atoms with Gasteiger partial charge in [0.1, 0.15) is 0 Å². The molecule has 1 aliphatic heterocycles. The molecule has 4 nitrogen and oxygen atoms in total. The summed E-state index contributed by atoms with van der Waals surface area (Å²) in [5.41, 5.74) is 3.06. The number of rotatable bonds is 4. The maximum Gasteiger partial charge on any atom is 0.303 e. The van der Waals surface area contributed by atoms with Crippen LogP contribution in [0.25, 0.3) is 0 Å². The number of piperidine rings is 1. The van der Waals surface area contributed by atoms with Gasteiger partial charge < -0.3 is 14.9 Å². The zero-order chi connectivity index (χ0) is 17.2. The molecule has 1 aliphatic carbocycles. The second-order valence-corrected chi connectivity index (χ2v) is 7.94. The normalized spacial score (nSPS) is 21.0. The lowest BCUT2D eigenvalue weighted by molar-refractivity contribution is -0.138. The number of hydrogen-bond acceptors (Lipinski definition) is 3. The molecule has 2 fully saturated rings. The van der Waals surface area contributed by atoms with Crippen LogP contribution < -0.4 is 9.80 Å². The Kier molecular flexibility index (Phi) is 5.02. The third kappa shape index (κ3) is 3.85. The van der Waals surface area contributed by atoms with E-state index in [9.17, 15) is 4.79 Å². The predicted molar refractivity (Wildman–Crippen MR) is 98.9 cm³/mol. The summed E-state index contributed by atoms with van der Waals surface area (Å²) in [6.45, 7) is 2.25. The van der Waals surface area contributed by atoms with Crippen LogP contribution in [-0.4, -0.2) is 38.3 Å². The highest BCUT2D eigenvalue weighted by Crippen LogP contribution is 2.47. The van der Waals surface area contributed by atoms with E-state index in [1.807, 2.05) is 0 Å². The number of hydrogen-bond donors (Lipinski definition) is 1. The Bertz CT molecular complexity index is 567. The molecule has 132 valence electrons. The minimum absolute atomic E-state index is 0.361. The Morgan fingerprint density at radius 3 is 2.46 bits per heavy atom. The van der Waals surface area contributed by atoms with Crippen molar-refractivity contribution in [3.05, 3.63) is 24.3 Å². The van der Waals surface area contributed by atoms with E-state index in [4.69, 9.17) is 5.11 Å². The first-order valence-corrected chi connectivity index (χ1v) is 9.22. The summed E-state index contributed by atoms with van der Waals surface area (Å²) in [6, 6.07) is 8.79. The minimum atomic E-state index is -0.633. The molecule has 0 unspecified atom stereocenters. The molecule has 0 bridgehead atoms. The third-order valence-electron chi connectivity index (χ3n) is 6.16. The average molecular weight is 330 g/mol. The molecule has 0 radical (unpaired) electrons. The van der Waals surface area contributed by atoms with Gasteiger partial charge in [0.25, 0.3) is 0 Å². The van der Waals surface area contributed by atoms with Gasteiger partial charge in [0, 0.05) is 45.0 Å². The maximum absolute atomic E-state index is 10.9. The second-order valence-electron chi connectivity index (χ2n) is 7.94. The summed E-state index contributed by atoms with van der Waals surface area (Å²) in [4.78, 5) is 15.6.